The van der Waals surface area contributed by atoms with Crippen LogP contribution in [-0.4, -0.2) is 24.6 Å². The van der Waals surface area contributed by atoms with Gasteiger partial charge >= 0.3 is 0 Å². The third-order valence-corrected chi connectivity index (χ3v) is 3.80. The Balaban J connectivity index is 1.98. The maximum atomic E-state index is 12.0. The molecule has 0 unspecified atom stereocenters. The van der Waals surface area contributed by atoms with E-state index in [1.807, 2.05) is 18.2 Å². The zero-order valence-corrected chi connectivity index (χ0v) is 13.0. The quantitative estimate of drug-likeness (QED) is 0.624. The van der Waals surface area contributed by atoms with E-state index in [2.05, 4.69) is 5.32 Å². The zero-order chi connectivity index (χ0) is 16.5. The fourth-order valence-electron chi connectivity index (χ4n) is 1.84. The second-order valence-corrected chi connectivity index (χ2v) is 5.45. The summed E-state index contributed by atoms with van der Waals surface area (Å²) in [5, 5.41) is 11.4. The molecule has 0 bridgehead atoms. The van der Waals surface area contributed by atoms with Crippen molar-refractivity contribution in [2.75, 3.05) is 17.7 Å². The second kappa shape index (κ2) is 8.61. The summed E-state index contributed by atoms with van der Waals surface area (Å²) in [6, 6.07) is 16.0. The van der Waals surface area contributed by atoms with Crippen LogP contribution in [0.1, 0.15) is 10.4 Å². The number of rotatable bonds is 7. The van der Waals surface area contributed by atoms with Crippen LogP contribution in [0.4, 0.5) is 5.69 Å². The molecule has 0 saturated carbocycles. The lowest BCUT2D eigenvalue weighted by Gasteiger charge is -2.11. The molecule has 0 spiro atoms. The topological polar surface area (TPSA) is 79.2 Å². The molecule has 0 radical (unpaired) electrons. The van der Waals surface area contributed by atoms with Crippen LogP contribution in [0, 0.1) is 11.3 Å². The number of nitrogens with zero attached hydrogens (tertiary/aromatic N) is 1. The van der Waals surface area contributed by atoms with Gasteiger partial charge in [-0.1, -0.05) is 24.3 Å². The lowest BCUT2D eigenvalue weighted by atomic mass is 10.2. The molecule has 5 nitrogen and oxygen atoms in total. The summed E-state index contributed by atoms with van der Waals surface area (Å²) in [5.41, 5.74) is 1.02. The van der Waals surface area contributed by atoms with Crippen LogP contribution in [0.25, 0.3) is 0 Å². The van der Waals surface area contributed by atoms with E-state index < -0.39 is 0 Å². The van der Waals surface area contributed by atoms with Crippen LogP contribution < -0.4 is 10.1 Å². The average molecular weight is 326 g/mol. The molecule has 1 N–H and O–H groups in total. The van der Waals surface area contributed by atoms with Crippen molar-refractivity contribution in [3.63, 3.8) is 0 Å². The van der Waals surface area contributed by atoms with E-state index in [1.165, 1.54) is 11.8 Å². The van der Waals surface area contributed by atoms with Crippen LogP contribution in [0.15, 0.2) is 53.4 Å². The number of ether oxygens (including phenoxy) is 1. The van der Waals surface area contributed by atoms with Crippen molar-refractivity contribution in [3.05, 3.63) is 54.1 Å². The first-order valence-electron chi connectivity index (χ1n) is 6.80. The highest BCUT2D eigenvalue weighted by atomic mass is 32.2. The fraction of sp³-hybridized carbons (Fsp3) is 0.118. The third kappa shape index (κ3) is 4.87. The first-order chi connectivity index (χ1) is 11.2. The van der Waals surface area contributed by atoms with Gasteiger partial charge in [-0.3, -0.25) is 9.59 Å². The Labute approximate surface area is 138 Å². The summed E-state index contributed by atoms with van der Waals surface area (Å²) in [4.78, 5) is 23.7. The van der Waals surface area contributed by atoms with Crippen LogP contribution in [0.5, 0.6) is 5.75 Å². The number of carbonyl (C=O) groups is 2. The molecule has 0 aromatic heterocycles. The standard InChI is InChI=1S/C17H14N2O3S/c18-9-10-23-16-8-4-2-6-14(16)19-17(21)12-22-15-7-3-1-5-13(15)11-20/h1-8,11H,10,12H2,(H,19,21). The molecular formula is C17H14N2O3S. The third-order valence-electron chi connectivity index (χ3n) is 2.86. The Kier molecular flexibility index (Phi) is 6.21. The molecule has 0 saturated heterocycles. The number of nitriles is 1. The van der Waals surface area contributed by atoms with Gasteiger partial charge in [0.05, 0.1) is 23.1 Å². The minimum Gasteiger partial charge on any atom is -0.483 e. The molecule has 2 rings (SSSR count). The highest BCUT2D eigenvalue weighted by Crippen LogP contribution is 2.26. The number of anilines is 1. The van der Waals surface area contributed by atoms with Gasteiger partial charge in [0.2, 0.25) is 0 Å². The molecule has 0 aliphatic rings. The summed E-state index contributed by atoms with van der Waals surface area (Å²) >= 11 is 1.35. The lowest BCUT2D eigenvalue weighted by molar-refractivity contribution is -0.118. The Morgan fingerprint density at radius 3 is 2.74 bits per heavy atom. The van der Waals surface area contributed by atoms with Crippen LogP contribution >= 0.6 is 11.8 Å². The molecular weight excluding hydrogens is 312 g/mol. The average Bonchev–Trinajstić information content (AvgIpc) is 2.59. The number of amides is 1. The lowest BCUT2D eigenvalue weighted by Crippen LogP contribution is -2.20. The van der Waals surface area contributed by atoms with E-state index in [0.29, 0.717) is 29.0 Å². The predicted octanol–water partition coefficient (Wildman–Crippen LogP) is 3.13. The van der Waals surface area contributed by atoms with Crippen molar-refractivity contribution in [1.29, 1.82) is 5.26 Å². The molecule has 0 aliphatic heterocycles. The van der Waals surface area contributed by atoms with Gasteiger partial charge in [0.25, 0.3) is 5.91 Å². The minimum absolute atomic E-state index is 0.206. The predicted molar refractivity (Wildman–Crippen MR) is 88.7 cm³/mol. The molecule has 0 atom stereocenters. The SMILES string of the molecule is N#CCSc1ccccc1NC(=O)COc1ccccc1C=O. The molecule has 2 aromatic carbocycles. The summed E-state index contributed by atoms with van der Waals surface area (Å²) in [6.07, 6.45) is 0.682. The number of nitrogens with one attached hydrogen (secondary N) is 1. The van der Waals surface area contributed by atoms with E-state index >= 15 is 0 Å². The van der Waals surface area contributed by atoms with Crippen molar-refractivity contribution in [1.82, 2.24) is 0 Å². The Morgan fingerprint density at radius 1 is 1.22 bits per heavy atom. The maximum Gasteiger partial charge on any atom is 0.262 e. The van der Waals surface area contributed by atoms with E-state index in [1.54, 1.807) is 36.4 Å². The van der Waals surface area contributed by atoms with Gasteiger partial charge in [-0.05, 0) is 24.3 Å². The first kappa shape index (κ1) is 16.6. The monoisotopic (exact) mass is 326 g/mol. The molecule has 6 heteroatoms. The van der Waals surface area contributed by atoms with Gasteiger partial charge in [0, 0.05) is 4.90 Å². The Bertz CT molecular complexity index is 741. The largest absolute Gasteiger partial charge is 0.483 e. The van der Waals surface area contributed by atoms with Crippen molar-refractivity contribution in [2.24, 2.45) is 0 Å². The smallest absolute Gasteiger partial charge is 0.262 e. The normalized spacial score (nSPS) is 9.70. The molecule has 0 fully saturated rings. The summed E-state index contributed by atoms with van der Waals surface area (Å²) in [5.74, 6) is 0.330. The molecule has 116 valence electrons. The van der Waals surface area contributed by atoms with Crippen molar-refractivity contribution in [3.8, 4) is 11.8 Å². The first-order valence-corrected chi connectivity index (χ1v) is 7.79. The fourth-order valence-corrected chi connectivity index (χ4v) is 2.51. The molecule has 0 heterocycles. The van der Waals surface area contributed by atoms with E-state index in [4.69, 9.17) is 10.00 Å². The Hall–Kier alpha value is -2.78. The second-order valence-electron chi connectivity index (χ2n) is 4.44. The minimum atomic E-state index is -0.337. The number of thioether (sulfide) groups is 1. The number of hydrogen-bond acceptors (Lipinski definition) is 5. The summed E-state index contributed by atoms with van der Waals surface area (Å²) in [6.45, 7) is -0.206. The number of carbonyl (C=O) groups excluding carboxylic acids is 2. The van der Waals surface area contributed by atoms with Gasteiger partial charge in [-0.2, -0.15) is 5.26 Å². The van der Waals surface area contributed by atoms with Crippen LogP contribution in [0.2, 0.25) is 0 Å². The molecule has 2 aromatic rings. The zero-order valence-electron chi connectivity index (χ0n) is 12.2. The number of hydrogen-bond donors (Lipinski definition) is 1. The van der Waals surface area contributed by atoms with Crippen molar-refractivity contribution in [2.45, 2.75) is 4.90 Å². The number of aldehydes is 1. The number of para-hydroxylation sites is 2. The summed E-state index contributed by atoms with van der Waals surface area (Å²) < 4.78 is 5.38. The number of benzene rings is 2. The van der Waals surface area contributed by atoms with Gasteiger partial charge in [0.1, 0.15) is 5.75 Å². The highest BCUT2D eigenvalue weighted by molar-refractivity contribution is 7.99. The summed E-state index contributed by atoms with van der Waals surface area (Å²) in [7, 11) is 0. The van der Waals surface area contributed by atoms with E-state index in [0.717, 1.165) is 4.90 Å². The van der Waals surface area contributed by atoms with Crippen molar-refractivity contribution < 1.29 is 14.3 Å². The van der Waals surface area contributed by atoms with Gasteiger partial charge in [0.15, 0.2) is 12.9 Å². The van der Waals surface area contributed by atoms with Crippen molar-refractivity contribution >= 4 is 29.6 Å². The van der Waals surface area contributed by atoms with Gasteiger partial charge in [-0.25, -0.2) is 0 Å². The van der Waals surface area contributed by atoms with E-state index in [-0.39, 0.29) is 12.5 Å². The Morgan fingerprint density at radius 2 is 1.96 bits per heavy atom. The van der Waals surface area contributed by atoms with Crippen LogP contribution in [-0.2, 0) is 4.79 Å². The molecule has 0 aliphatic carbocycles. The maximum absolute atomic E-state index is 12.0. The van der Waals surface area contributed by atoms with Gasteiger partial charge in [-0.15, -0.1) is 11.8 Å². The highest BCUT2D eigenvalue weighted by Gasteiger charge is 2.09. The van der Waals surface area contributed by atoms with Crippen LogP contribution in [0.3, 0.4) is 0 Å². The molecule has 23 heavy (non-hydrogen) atoms. The molecule has 1 amide bonds. The van der Waals surface area contributed by atoms with E-state index in [9.17, 15) is 9.59 Å². The van der Waals surface area contributed by atoms with Gasteiger partial charge < -0.3 is 10.1 Å².